The fraction of sp³-hybridized carbons (Fsp3) is 0.0222. The smallest absolute Gasteiger partial charge is 0.253 e. The van der Waals surface area contributed by atoms with E-state index in [9.17, 15) is 72.9 Å². The minimum atomic E-state index is -7.22. The summed E-state index contributed by atoms with van der Waals surface area (Å²) in [4.78, 5) is 20.5. The molecule has 28 heteroatoms. The predicted molar refractivity (Wildman–Crippen MR) is 221 cm³/mol. The lowest BCUT2D eigenvalue weighted by Gasteiger charge is -2.44. The van der Waals surface area contributed by atoms with Crippen LogP contribution in [0.5, 0.6) is 0 Å². The fourth-order valence-electron chi connectivity index (χ4n) is 8.12. The summed E-state index contributed by atoms with van der Waals surface area (Å²) >= 11 is 0. The molecule has 0 amide bonds. The summed E-state index contributed by atoms with van der Waals surface area (Å²) in [7, 11) is -2.37. The van der Waals surface area contributed by atoms with E-state index in [-0.39, 0.29) is 6.16 Å². The molecule has 0 aliphatic heterocycles. The average molecular weight is 1070 g/mol. The molecule has 380 valence electrons. The van der Waals surface area contributed by atoms with Crippen LogP contribution in [0.15, 0.2) is 103 Å². The number of nitrogens with zero attached hydrogens (tertiary/aromatic N) is 2. The fourth-order valence-corrected chi connectivity index (χ4v) is 12.1. The van der Waals surface area contributed by atoms with Gasteiger partial charge in [0.05, 0.1) is 0 Å². The van der Waals surface area contributed by atoms with Gasteiger partial charge in [0.15, 0.2) is 69.8 Å². The molecule has 7 aromatic rings. The highest BCUT2D eigenvalue weighted by Gasteiger charge is 2.53. The zero-order valence-electron chi connectivity index (χ0n) is 35.1. The predicted octanol–water partition coefficient (Wildman–Crippen LogP) is 9.22. The van der Waals surface area contributed by atoms with Crippen LogP contribution >= 0.6 is 7.26 Å². The van der Waals surface area contributed by atoms with Gasteiger partial charge in [0, 0.05) is 0 Å². The SMILES string of the molecule is Fc1c(F)c(F)c([B-](c2c(F)c(F)c(F)c(F)c2F)(c2c(F)c(F)c(F)c(F)c2F)c2c(F)c(F)c(F)c(F)c2F)c(F)c1F.O=[N+]([O-])C(=CC[P+](c1ccccc1)(c1ccccc1)c1ccccc1)[N+](=O)[O-]. The van der Waals surface area contributed by atoms with E-state index in [4.69, 9.17) is 0 Å². The molecule has 0 fully saturated rings. The van der Waals surface area contributed by atoms with Crippen molar-refractivity contribution in [1.82, 2.24) is 0 Å². The first-order chi connectivity index (χ1) is 34.3. The minimum Gasteiger partial charge on any atom is -0.253 e. The second-order valence-corrected chi connectivity index (χ2v) is 18.4. The van der Waals surface area contributed by atoms with Gasteiger partial charge in [-0.05, 0) is 36.4 Å². The van der Waals surface area contributed by atoms with Crippen molar-refractivity contribution in [2.45, 2.75) is 0 Å². The van der Waals surface area contributed by atoms with Gasteiger partial charge in [-0.3, -0.25) is 20.2 Å². The van der Waals surface area contributed by atoms with Crippen molar-refractivity contribution in [3.8, 4) is 0 Å². The van der Waals surface area contributed by atoms with Crippen LogP contribution in [-0.2, 0) is 0 Å². The number of nitro groups is 2. The van der Waals surface area contributed by atoms with Crippen molar-refractivity contribution in [3.63, 3.8) is 0 Å². The first kappa shape index (κ1) is 54.5. The third kappa shape index (κ3) is 8.77. The summed E-state index contributed by atoms with van der Waals surface area (Å²) in [5, 5.41) is 25.4. The van der Waals surface area contributed by atoms with E-state index >= 15 is 35.1 Å². The Bertz CT molecular complexity index is 2900. The quantitative estimate of drug-likeness (QED) is 0.0246. The lowest BCUT2D eigenvalue weighted by Crippen LogP contribution is -2.81. The van der Waals surface area contributed by atoms with Crippen LogP contribution in [0.25, 0.3) is 0 Å². The number of halogens is 20. The Morgan fingerprint density at radius 1 is 0.342 bits per heavy atom. The van der Waals surface area contributed by atoms with E-state index < -0.39 is 167 Å². The Balaban J connectivity index is 0.000000265. The third-order valence-electron chi connectivity index (χ3n) is 11.2. The molecule has 0 aromatic heterocycles. The highest BCUT2D eigenvalue weighted by Crippen LogP contribution is 2.55. The summed E-state index contributed by atoms with van der Waals surface area (Å²) in [6.07, 6.45) is -5.88. The van der Waals surface area contributed by atoms with Gasteiger partial charge < -0.3 is 0 Å². The zero-order chi connectivity index (χ0) is 54.3. The summed E-state index contributed by atoms with van der Waals surface area (Å²) in [5.74, 6) is -72.4. The van der Waals surface area contributed by atoms with Crippen molar-refractivity contribution in [3.05, 3.63) is 239 Å². The van der Waals surface area contributed by atoms with Gasteiger partial charge in [-0.1, -0.05) is 54.6 Å². The first-order valence-corrected chi connectivity index (χ1v) is 21.5. The number of hydrogen-bond acceptors (Lipinski definition) is 4. The molecule has 7 rings (SSSR count). The molecule has 0 aliphatic rings. The van der Waals surface area contributed by atoms with Crippen molar-refractivity contribution in [2.24, 2.45) is 0 Å². The standard InChI is InChI=1S/C24BF20.C21H18N2O4P/c26-5-1(6(27)14(35)21(42)13(5)34)25(2-7(28)15(36)22(43)16(37)8(2)29,3-9(30)17(38)23(44)18(39)10(3)31)4-11(32)19(40)24(45)20(41)12(4)33;24-22(25)21(23(26)27)16-17-28(18-10-4-1-5-11-18,19-12-6-2-7-13-19)20-14-8-3-9-15-20/h;1-16H,17H2/q-1;+1. The summed E-state index contributed by atoms with van der Waals surface area (Å²) in [6, 6.07) is 29.1. The molecular formula is C45H18BF20N2O4P. The van der Waals surface area contributed by atoms with Gasteiger partial charge in [-0.25, -0.2) is 87.8 Å². The van der Waals surface area contributed by atoms with Crippen LogP contribution < -0.4 is 37.8 Å². The van der Waals surface area contributed by atoms with Crippen LogP contribution in [-0.4, -0.2) is 22.2 Å². The van der Waals surface area contributed by atoms with Crippen molar-refractivity contribution < 1.29 is 97.7 Å². The Morgan fingerprint density at radius 2 is 0.521 bits per heavy atom. The van der Waals surface area contributed by atoms with E-state index in [1.807, 2.05) is 91.0 Å². The maximum Gasteiger partial charge on any atom is 0.558 e. The Hall–Kier alpha value is -7.83. The Kier molecular flexibility index (Phi) is 15.5. The lowest BCUT2D eigenvalue weighted by molar-refractivity contribution is -0.616. The highest BCUT2D eigenvalue weighted by atomic mass is 31.2. The Labute approximate surface area is 394 Å². The molecule has 7 aromatic carbocycles. The molecule has 0 saturated carbocycles. The number of hydrogen-bond donors (Lipinski definition) is 0. The maximum atomic E-state index is 15.4. The largest absolute Gasteiger partial charge is 0.558 e. The van der Waals surface area contributed by atoms with Crippen LogP contribution in [0.1, 0.15) is 0 Å². The highest BCUT2D eigenvalue weighted by molar-refractivity contribution is 7.95. The van der Waals surface area contributed by atoms with Crippen LogP contribution in [0.2, 0.25) is 0 Å². The van der Waals surface area contributed by atoms with E-state index in [0.29, 0.717) is 0 Å². The van der Waals surface area contributed by atoms with Gasteiger partial charge in [0.25, 0.3) is 0 Å². The van der Waals surface area contributed by atoms with Crippen LogP contribution in [0.4, 0.5) is 87.8 Å². The summed E-state index contributed by atoms with van der Waals surface area (Å²) in [5.41, 5.74) is -14.3. The summed E-state index contributed by atoms with van der Waals surface area (Å²) in [6.45, 7) is 0. The maximum absolute atomic E-state index is 15.4. The average Bonchev–Trinajstić information content (AvgIpc) is 3.38. The number of rotatable bonds is 11. The van der Waals surface area contributed by atoms with Gasteiger partial charge in [0.1, 0.15) is 97.9 Å². The van der Waals surface area contributed by atoms with E-state index in [0.717, 1.165) is 22.0 Å². The normalized spacial score (nSPS) is 11.6. The zero-order valence-corrected chi connectivity index (χ0v) is 36.0. The lowest BCUT2D eigenvalue weighted by atomic mass is 9.12. The molecule has 0 heterocycles. The van der Waals surface area contributed by atoms with E-state index in [1.165, 1.54) is 0 Å². The second kappa shape index (κ2) is 20.7. The van der Waals surface area contributed by atoms with Crippen LogP contribution in [0, 0.1) is 137 Å². The monoisotopic (exact) mass is 1070 g/mol. The molecular weight excluding hydrogens is 1050 g/mol. The Morgan fingerprint density at radius 3 is 0.699 bits per heavy atom. The van der Waals surface area contributed by atoms with Crippen LogP contribution in [0.3, 0.4) is 0 Å². The van der Waals surface area contributed by atoms with Gasteiger partial charge >= 0.3 is 5.82 Å². The van der Waals surface area contributed by atoms with Crippen molar-refractivity contribution in [1.29, 1.82) is 0 Å². The van der Waals surface area contributed by atoms with Gasteiger partial charge in [-0.2, -0.15) is 0 Å². The molecule has 73 heavy (non-hydrogen) atoms. The van der Waals surface area contributed by atoms with Gasteiger partial charge in [-0.15, -0.1) is 21.9 Å². The third-order valence-corrected chi connectivity index (χ3v) is 15.5. The van der Waals surface area contributed by atoms with Crippen molar-refractivity contribution in [2.75, 3.05) is 6.16 Å². The molecule has 0 N–H and O–H groups in total. The molecule has 0 radical (unpaired) electrons. The number of benzene rings is 7. The minimum absolute atomic E-state index is 0.183. The molecule has 6 nitrogen and oxygen atoms in total. The first-order valence-electron chi connectivity index (χ1n) is 19.5. The molecule has 0 saturated heterocycles. The molecule has 0 bridgehead atoms. The molecule has 0 spiro atoms. The number of allylic oxidation sites excluding steroid dienone is 1. The molecule has 0 atom stereocenters. The van der Waals surface area contributed by atoms with Gasteiger partial charge in [0.2, 0.25) is 0 Å². The second-order valence-electron chi connectivity index (χ2n) is 14.9. The molecule has 0 unspecified atom stereocenters. The topological polar surface area (TPSA) is 86.3 Å². The van der Waals surface area contributed by atoms with E-state index in [2.05, 4.69) is 0 Å². The van der Waals surface area contributed by atoms with Crippen molar-refractivity contribution >= 4 is 51.2 Å². The van der Waals surface area contributed by atoms with E-state index in [1.54, 1.807) is 0 Å². The summed E-state index contributed by atoms with van der Waals surface area (Å²) < 4.78 is 294. The molecule has 0 aliphatic carbocycles.